The van der Waals surface area contributed by atoms with Gasteiger partial charge < -0.3 is 5.73 Å². The van der Waals surface area contributed by atoms with E-state index in [4.69, 9.17) is 5.73 Å². The van der Waals surface area contributed by atoms with Gasteiger partial charge in [0.15, 0.2) is 0 Å². The molecule has 0 saturated heterocycles. The third-order valence-corrected chi connectivity index (χ3v) is 4.02. The van der Waals surface area contributed by atoms with Gasteiger partial charge in [0.2, 0.25) is 10.0 Å². The molecule has 17 heavy (non-hydrogen) atoms. The molecule has 1 aromatic rings. The molecule has 0 aromatic heterocycles. The first-order chi connectivity index (χ1) is 7.91. The van der Waals surface area contributed by atoms with E-state index < -0.39 is 10.0 Å². The third-order valence-electron chi connectivity index (χ3n) is 2.30. The van der Waals surface area contributed by atoms with Gasteiger partial charge in [-0.2, -0.15) is 0 Å². The summed E-state index contributed by atoms with van der Waals surface area (Å²) in [7, 11) is -3.21. The van der Waals surface area contributed by atoms with Crippen molar-refractivity contribution in [1.29, 1.82) is 0 Å². The number of sulfonamides is 1. The van der Waals surface area contributed by atoms with Crippen LogP contribution in [0, 0.1) is 5.92 Å². The molecular weight excluding hydrogens is 236 g/mol. The van der Waals surface area contributed by atoms with Crippen molar-refractivity contribution in [1.82, 2.24) is 4.72 Å². The van der Waals surface area contributed by atoms with Crippen molar-refractivity contribution in [2.24, 2.45) is 11.7 Å². The Kier molecular flexibility index (Phi) is 5.11. The predicted octanol–water partition coefficient (Wildman–Crippen LogP) is 1.26. The van der Waals surface area contributed by atoms with Crippen LogP contribution in [0.15, 0.2) is 30.3 Å². The Morgan fingerprint density at radius 1 is 1.24 bits per heavy atom. The SMILES string of the molecule is CC(C)CS(=O)(=O)NCC(N)c1ccccc1. The highest BCUT2D eigenvalue weighted by Crippen LogP contribution is 2.08. The molecular formula is C12H20N2O2S. The molecule has 0 fully saturated rings. The maximum absolute atomic E-state index is 11.6. The standard InChI is InChI=1S/C12H20N2O2S/c1-10(2)9-17(15,16)14-8-12(13)11-6-4-3-5-7-11/h3-7,10,12,14H,8-9,13H2,1-2H3. The molecule has 0 heterocycles. The van der Waals surface area contributed by atoms with Crippen LogP contribution in [0.5, 0.6) is 0 Å². The number of nitrogens with two attached hydrogens (primary N) is 1. The van der Waals surface area contributed by atoms with E-state index in [2.05, 4.69) is 4.72 Å². The van der Waals surface area contributed by atoms with Crippen molar-refractivity contribution in [3.05, 3.63) is 35.9 Å². The summed E-state index contributed by atoms with van der Waals surface area (Å²) in [6.07, 6.45) is 0. The second kappa shape index (κ2) is 6.14. The van der Waals surface area contributed by atoms with Crippen molar-refractivity contribution >= 4 is 10.0 Å². The molecule has 0 saturated carbocycles. The maximum atomic E-state index is 11.6. The minimum absolute atomic E-state index is 0.112. The van der Waals surface area contributed by atoms with E-state index in [1.807, 2.05) is 44.2 Å². The zero-order chi connectivity index (χ0) is 12.9. The Labute approximate surface area is 103 Å². The van der Waals surface area contributed by atoms with Crippen LogP contribution in [0.3, 0.4) is 0 Å². The van der Waals surface area contributed by atoms with Gasteiger partial charge in [-0.05, 0) is 11.5 Å². The van der Waals surface area contributed by atoms with Gasteiger partial charge in [0, 0.05) is 12.6 Å². The Hall–Kier alpha value is -0.910. The molecule has 1 unspecified atom stereocenters. The van der Waals surface area contributed by atoms with Crippen LogP contribution in [0.4, 0.5) is 0 Å². The summed E-state index contributed by atoms with van der Waals surface area (Å²) < 4.78 is 25.8. The first-order valence-corrected chi connectivity index (χ1v) is 7.34. The van der Waals surface area contributed by atoms with Crippen LogP contribution in [-0.4, -0.2) is 20.7 Å². The molecule has 5 heteroatoms. The van der Waals surface area contributed by atoms with Crippen molar-refractivity contribution in [3.63, 3.8) is 0 Å². The summed E-state index contributed by atoms with van der Waals surface area (Å²) >= 11 is 0. The molecule has 4 nitrogen and oxygen atoms in total. The lowest BCUT2D eigenvalue weighted by Gasteiger charge is -2.14. The van der Waals surface area contributed by atoms with Gasteiger partial charge in [-0.1, -0.05) is 44.2 Å². The molecule has 1 atom stereocenters. The van der Waals surface area contributed by atoms with Crippen LogP contribution in [0.25, 0.3) is 0 Å². The van der Waals surface area contributed by atoms with Crippen LogP contribution in [0.1, 0.15) is 25.5 Å². The molecule has 0 amide bonds. The van der Waals surface area contributed by atoms with Crippen molar-refractivity contribution in [2.75, 3.05) is 12.3 Å². The summed E-state index contributed by atoms with van der Waals surface area (Å²) in [6, 6.07) is 9.15. The van der Waals surface area contributed by atoms with Crippen molar-refractivity contribution < 1.29 is 8.42 Å². The number of hydrogen-bond donors (Lipinski definition) is 2. The van der Waals surface area contributed by atoms with E-state index in [9.17, 15) is 8.42 Å². The fourth-order valence-corrected chi connectivity index (χ4v) is 2.96. The van der Waals surface area contributed by atoms with E-state index in [-0.39, 0.29) is 24.3 Å². The Bertz CT molecular complexity index is 429. The molecule has 0 bridgehead atoms. The topological polar surface area (TPSA) is 72.2 Å². The number of nitrogens with one attached hydrogen (secondary N) is 1. The van der Waals surface area contributed by atoms with Crippen LogP contribution in [0.2, 0.25) is 0 Å². The molecule has 96 valence electrons. The molecule has 0 aliphatic carbocycles. The lowest BCUT2D eigenvalue weighted by atomic mass is 10.1. The Morgan fingerprint density at radius 2 is 1.82 bits per heavy atom. The largest absolute Gasteiger partial charge is 0.323 e. The average molecular weight is 256 g/mol. The van der Waals surface area contributed by atoms with Gasteiger partial charge in [0.25, 0.3) is 0 Å². The molecule has 0 aliphatic heterocycles. The van der Waals surface area contributed by atoms with E-state index in [0.29, 0.717) is 0 Å². The average Bonchev–Trinajstić information content (AvgIpc) is 2.25. The predicted molar refractivity (Wildman–Crippen MR) is 70.0 cm³/mol. The van der Waals surface area contributed by atoms with Gasteiger partial charge >= 0.3 is 0 Å². The summed E-state index contributed by atoms with van der Waals surface area (Å²) in [4.78, 5) is 0. The zero-order valence-corrected chi connectivity index (χ0v) is 11.1. The first kappa shape index (κ1) is 14.2. The third kappa shape index (κ3) is 5.30. The van der Waals surface area contributed by atoms with Gasteiger partial charge in [-0.15, -0.1) is 0 Å². The quantitative estimate of drug-likeness (QED) is 0.805. The Balaban J connectivity index is 2.51. The normalized spacial score (nSPS) is 13.9. The summed E-state index contributed by atoms with van der Waals surface area (Å²) in [5.74, 6) is 0.245. The smallest absolute Gasteiger partial charge is 0.211 e. The summed E-state index contributed by atoms with van der Waals surface area (Å²) in [5, 5.41) is 0. The highest BCUT2D eigenvalue weighted by atomic mass is 32.2. The van der Waals surface area contributed by atoms with E-state index >= 15 is 0 Å². The molecule has 1 rings (SSSR count). The molecule has 1 aromatic carbocycles. The fourth-order valence-electron chi connectivity index (χ4n) is 1.53. The van der Waals surface area contributed by atoms with Crippen molar-refractivity contribution in [2.45, 2.75) is 19.9 Å². The van der Waals surface area contributed by atoms with Gasteiger partial charge in [-0.3, -0.25) is 0 Å². The first-order valence-electron chi connectivity index (χ1n) is 5.68. The van der Waals surface area contributed by atoms with Crippen molar-refractivity contribution in [3.8, 4) is 0 Å². The summed E-state index contributed by atoms with van der Waals surface area (Å²) in [6.45, 7) is 3.98. The lowest BCUT2D eigenvalue weighted by molar-refractivity contribution is 0.560. The minimum Gasteiger partial charge on any atom is -0.323 e. The number of benzene rings is 1. The second-order valence-electron chi connectivity index (χ2n) is 4.54. The number of rotatable bonds is 6. The second-order valence-corrected chi connectivity index (χ2v) is 6.39. The van der Waals surface area contributed by atoms with Crippen LogP contribution < -0.4 is 10.5 Å². The maximum Gasteiger partial charge on any atom is 0.211 e. The van der Waals surface area contributed by atoms with Crippen LogP contribution in [-0.2, 0) is 10.0 Å². The van der Waals surface area contributed by atoms with E-state index in [1.165, 1.54) is 0 Å². The minimum atomic E-state index is -3.21. The highest BCUT2D eigenvalue weighted by Gasteiger charge is 2.14. The molecule has 3 N–H and O–H groups in total. The fraction of sp³-hybridized carbons (Fsp3) is 0.500. The lowest BCUT2D eigenvalue weighted by Crippen LogP contribution is -2.34. The number of hydrogen-bond acceptors (Lipinski definition) is 3. The van der Waals surface area contributed by atoms with Gasteiger partial charge in [-0.25, -0.2) is 13.1 Å². The Morgan fingerprint density at radius 3 is 2.35 bits per heavy atom. The molecule has 0 radical (unpaired) electrons. The molecule has 0 spiro atoms. The van der Waals surface area contributed by atoms with Crippen LogP contribution >= 0.6 is 0 Å². The van der Waals surface area contributed by atoms with Gasteiger partial charge in [0.05, 0.1) is 5.75 Å². The van der Waals surface area contributed by atoms with E-state index in [0.717, 1.165) is 5.56 Å². The monoisotopic (exact) mass is 256 g/mol. The van der Waals surface area contributed by atoms with E-state index in [1.54, 1.807) is 0 Å². The zero-order valence-electron chi connectivity index (χ0n) is 10.3. The van der Waals surface area contributed by atoms with Gasteiger partial charge in [0.1, 0.15) is 0 Å². The molecule has 0 aliphatic rings. The summed E-state index contributed by atoms with van der Waals surface area (Å²) in [5.41, 5.74) is 6.84. The highest BCUT2D eigenvalue weighted by molar-refractivity contribution is 7.89.